The second kappa shape index (κ2) is 14.7. The Labute approximate surface area is 290 Å². The quantitative estimate of drug-likeness (QED) is 0.0798. The molecule has 0 saturated heterocycles. The molecule has 0 aliphatic carbocycles. The zero-order valence-electron chi connectivity index (χ0n) is 27.7. The zero-order chi connectivity index (χ0) is 34.5. The van der Waals surface area contributed by atoms with Gasteiger partial charge in [0.15, 0.2) is 0 Å². The van der Waals surface area contributed by atoms with Crippen LogP contribution in [0.2, 0.25) is 0 Å². The minimum atomic E-state index is -1.02. The number of likely N-dealkylation sites (N-methyl/N-ethyl adjacent to an activating group) is 1. The Kier molecular flexibility index (Phi) is 10.0. The van der Waals surface area contributed by atoms with Crippen LogP contribution in [0.15, 0.2) is 120 Å². The Bertz CT molecular complexity index is 2050. The number of nitrogens with one attached hydrogen (secondary N) is 2. The standard InChI is InChI=1S/C40H39N5O3S/c1-26-19-27(2)21-31(20-26)39(47)44(3)37(22-28-13-15-29(16-14-28)30-17-18-49-25-30)40(48)45(33-9-5-4-6-10-33)36(38(46)43-41)23-32-24-42-35-12-8-7-11-34(32)35/h4-21,24-25,36-37,42H,22-23,41H2,1-3H3,(H,43,46)/t36-,37-/m0/s1. The van der Waals surface area contributed by atoms with E-state index in [9.17, 15) is 9.59 Å². The Morgan fingerprint density at radius 1 is 0.816 bits per heavy atom. The van der Waals surface area contributed by atoms with Crippen LogP contribution in [0.3, 0.4) is 0 Å². The number of H-pyrrole nitrogens is 1. The summed E-state index contributed by atoms with van der Waals surface area (Å²) < 4.78 is 0. The first-order valence-corrected chi connectivity index (χ1v) is 17.1. The van der Waals surface area contributed by atoms with Crippen molar-refractivity contribution in [1.29, 1.82) is 0 Å². The number of fused-ring (bicyclic) bond motifs is 1. The van der Waals surface area contributed by atoms with Crippen LogP contribution in [0.1, 0.15) is 32.6 Å². The number of aryl methyl sites for hydroxylation is 2. The summed E-state index contributed by atoms with van der Waals surface area (Å²) >= 11 is 1.63. The number of thiophene rings is 1. The van der Waals surface area contributed by atoms with Crippen LogP contribution in [0, 0.1) is 13.8 Å². The Morgan fingerprint density at radius 2 is 1.51 bits per heavy atom. The molecule has 3 amide bonds. The minimum absolute atomic E-state index is 0.185. The number of anilines is 1. The third-order valence-corrected chi connectivity index (χ3v) is 9.58. The van der Waals surface area contributed by atoms with Crippen LogP contribution in [-0.2, 0) is 22.4 Å². The molecule has 0 saturated carbocycles. The van der Waals surface area contributed by atoms with Crippen molar-refractivity contribution in [3.05, 3.63) is 148 Å². The lowest BCUT2D eigenvalue weighted by atomic mass is 9.97. The number of aromatic amines is 1. The van der Waals surface area contributed by atoms with Gasteiger partial charge in [-0.2, -0.15) is 11.3 Å². The number of amides is 3. The monoisotopic (exact) mass is 669 g/mol. The Hall–Kier alpha value is -5.51. The second-order valence-electron chi connectivity index (χ2n) is 12.4. The number of benzene rings is 4. The number of hydrogen-bond acceptors (Lipinski definition) is 5. The van der Waals surface area contributed by atoms with Gasteiger partial charge in [0.25, 0.3) is 17.7 Å². The van der Waals surface area contributed by atoms with E-state index in [4.69, 9.17) is 5.84 Å². The molecule has 0 radical (unpaired) electrons. The maximum atomic E-state index is 15.2. The molecule has 248 valence electrons. The number of rotatable bonds is 11. The van der Waals surface area contributed by atoms with Crippen molar-refractivity contribution in [2.24, 2.45) is 5.84 Å². The van der Waals surface area contributed by atoms with E-state index in [2.05, 4.69) is 21.9 Å². The number of nitrogens with two attached hydrogens (primary N) is 1. The molecule has 4 aromatic carbocycles. The largest absolute Gasteiger partial charge is 0.361 e. The summed E-state index contributed by atoms with van der Waals surface area (Å²) in [5, 5.41) is 5.07. The lowest BCUT2D eigenvalue weighted by molar-refractivity contribution is -0.128. The average Bonchev–Trinajstić information content (AvgIpc) is 3.81. The summed E-state index contributed by atoms with van der Waals surface area (Å²) in [6, 6.07) is 30.7. The molecule has 2 atom stereocenters. The first-order chi connectivity index (χ1) is 23.7. The molecule has 8 nitrogen and oxygen atoms in total. The van der Waals surface area contributed by atoms with Crippen molar-refractivity contribution >= 4 is 45.6 Å². The number of para-hydroxylation sites is 2. The highest BCUT2D eigenvalue weighted by atomic mass is 32.1. The number of carbonyl (C=O) groups excluding carboxylic acids is 3. The van der Waals surface area contributed by atoms with E-state index >= 15 is 4.79 Å². The summed E-state index contributed by atoms with van der Waals surface area (Å²) in [6.07, 6.45) is 2.27. The van der Waals surface area contributed by atoms with Crippen LogP contribution in [0.25, 0.3) is 22.0 Å². The number of hydrogen-bond donors (Lipinski definition) is 3. The highest BCUT2D eigenvalue weighted by Gasteiger charge is 2.38. The zero-order valence-corrected chi connectivity index (χ0v) is 28.5. The van der Waals surface area contributed by atoms with Gasteiger partial charge in [0.1, 0.15) is 12.1 Å². The lowest BCUT2D eigenvalue weighted by Crippen LogP contribution is -2.58. The van der Waals surface area contributed by atoms with Crippen molar-refractivity contribution < 1.29 is 14.4 Å². The minimum Gasteiger partial charge on any atom is -0.361 e. The van der Waals surface area contributed by atoms with Crippen molar-refractivity contribution in [3.8, 4) is 11.1 Å². The fourth-order valence-corrected chi connectivity index (χ4v) is 7.10. The maximum Gasteiger partial charge on any atom is 0.257 e. The summed E-state index contributed by atoms with van der Waals surface area (Å²) in [7, 11) is 1.66. The van der Waals surface area contributed by atoms with Gasteiger partial charge in [-0.15, -0.1) is 0 Å². The molecule has 4 N–H and O–H groups in total. The maximum absolute atomic E-state index is 15.2. The van der Waals surface area contributed by atoms with E-state index in [0.29, 0.717) is 11.3 Å². The van der Waals surface area contributed by atoms with Gasteiger partial charge >= 0.3 is 0 Å². The van der Waals surface area contributed by atoms with Crippen LogP contribution in [0.4, 0.5) is 5.69 Å². The van der Waals surface area contributed by atoms with Crippen molar-refractivity contribution in [2.45, 2.75) is 38.8 Å². The number of hydrazine groups is 1. The summed E-state index contributed by atoms with van der Waals surface area (Å²) in [6.45, 7) is 3.89. The molecule has 2 heterocycles. The highest BCUT2D eigenvalue weighted by Crippen LogP contribution is 2.28. The number of nitrogens with zero attached hydrogens (tertiary/aromatic N) is 2. The number of carbonyl (C=O) groups is 3. The van der Waals surface area contributed by atoms with E-state index in [-0.39, 0.29) is 18.7 Å². The Balaban J connectivity index is 1.43. The van der Waals surface area contributed by atoms with Gasteiger partial charge in [0, 0.05) is 48.2 Å². The molecule has 6 aromatic rings. The lowest BCUT2D eigenvalue weighted by Gasteiger charge is -2.36. The van der Waals surface area contributed by atoms with Gasteiger partial charge in [-0.25, -0.2) is 5.84 Å². The van der Waals surface area contributed by atoms with Gasteiger partial charge in [-0.3, -0.25) is 24.7 Å². The predicted octanol–water partition coefficient (Wildman–Crippen LogP) is 6.83. The molecule has 49 heavy (non-hydrogen) atoms. The average molecular weight is 670 g/mol. The summed E-state index contributed by atoms with van der Waals surface area (Å²) in [5.41, 5.74) is 10.1. The molecular weight excluding hydrogens is 631 g/mol. The highest BCUT2D eigenvalue weighted by molar-refractivity contribution is 7.08. The molecular formula is C40H39N5O3S. The van der Waals surface area contributed by atoms with Crippen molar-refractivity contribution in [2.75, 3.05) is 11.9 Å². The predicted molar refractivity (Wildman–Crippen MR) is 197 cm³/mol. The van der Waals surface area contributed by atoms with Crippen LogP contribution in [0.5, 0.6) is 0 Å². The van der Waals surface area contributed by atoms with Gasteiger partial charge in [0.2, 0.25) is 0 Å². The van der Waals surface area contributed by atoms with E-state index in [1.165, 1.54) is 9.80 Å². The van der Waals surface area contributed by atoms with Crippen molar-refractivity contribution in [3.63, 3.8) is 0 Å². The van der Waals surface area contributed by atoms with E-state index < -0.39 is 23.9 Å². The third-order valence-electron chi connectivity index (χ3n) is 8.90. The molecule has 9 heteroatoms. The molecule has 2 aromatic heterocycles. The van der Waals surface area contributed by atoms with Crippen molar-refractivity contribution in [1.82, 2.24) is 15.3 Å². The van der Waals surface area contributed by atoms with Crippen LogP contribution in [-0.4, -0.2) is 46.7 Å². The molecule has 0 spiro atoms. The fraction of sp³-hybridized carbons (Fsp3) is 0.175. The van der Waals surface area contributed by atoms with E-state index in [0.717, 1.165) is 44.3 Å². The molecule has 0 aliphatic heterocycles. The van der Waals surface area contributed by atoms with Gasteiger partial charge < -0.3 is 9.88 Å². The number of aromatic nitrogens is 1. The molecule has 6 rings (SSSR count). The normalized spacial score (nSPS) is 12.3. The van der Waals surface area contributed by atoms with Crippen LogP contribution >= 0.6 is 11.3 Å². The third kappa shape index (κ3) is 7.33. The molecule has 0 bridgehead atoms. The van der Waals surface area contributed by atoms with E-state index in [1.807, 2.05) is 110 Å². The van der Waals surface area contributed by atoms with Gasteiger partial charge in [-0.05, 0) is 83.3 Å². The fourth-order valence-electron chi connectivity index (χ4n) is 6.43. The van der Waals surface area contributed by atoms with Crippen LogP contribution < -0.4 is 16.2 Å². The first-order valence-electron chi connectivity index (χ1n) is 16.1. The first kappa shape index (κ1) is 33.4. The molecule has 0 fully saturated rings. The summed E-state index contributed by atoms with van der Waals surface area (Å²) in [4.78, 5) is 49.3. The SMILES string of the molecule is Cc1cc(C)cc(C(=O)N(C)[C@@H](Cc2ccc(-c3ccsc3)cc2)C(=O)N(c2ccccc2)[C@@H](Cc2c[nH]c3ccccc23)C(=O)NN)c1. The molecule has 0 aliphatic rings. The smallest absolute Gasteiger partial charge is 0.257 e. The molecule has 0 unspecified atom stereocenters. The van der Waals surface area contributed by atoms with E-state index in [1.54, 1.807) is 30.5 Å². The van der Waals surface area contributed by atoms with Gasteiger partial charge in [0.05, 0.1) is 0 Å². The topological polar surface area (TPSA) is 112 Å². The van der Waals surface area contributed by atoms with Gasteiger partial charge in [-0.1, -0.05) is 77.9 Å². The Morgan fingerprint density at radius 3 is 2.18 bits per heavy atom. The summed E-state index contributed by atoms with van der Waals surface area (Å²) in [5.74, 6) is 4.58. The second-order valence-corrected chi connectivity index (χ2v) is 13.1.